The summed E-state index contributed by atoms with van der Waals surface area (Å²) in [4.78, 5) is -0.00583. The van der Waals surface area contributed by atoms with Gasteiger partial charge >= 0.3 is 0 Å². The molecule has 0 atom stereocenters. The van der Waals surface area contributed by atoms with Crippen molar-refractivity contribution in [2.24, 2.45) is 0 Å². The van der Waals surface area contributed by atoms with E-state index in [9.17, 15) is 13.0 Å². The van der Waals surface area contributed by atoms with Crippen LogP contribution in [0.3, 0.4) is 0 Å². The molecular weight excluding hydrogens is 248 g/mol. The van der Waals surface area contributed by atoms with E-state index in [4.69, 9.17) is 0 Å². The zero-order valence-corrected chi connectivity index (χ0v) is 11.5. The fourth-order valence-electron chi connectivity index (χ4n) is 2.02. The monoisotopic (exact) mass is 264 g/mol. The Balaban J connectivity index is 2.90. The smallest absolute Gasteiger partial charge is 0.282 e. The minimum Gasteiger partial charge on any atom is -0.282 e. The van der Waals surface area contributed by atoms with Gasteiger partial charge in [0.15, 0.2) is 0 Å². The molecule has 18 heavy (non-hydrogen) atoms. The highest BCUT2D eigenvalue weighted by molar-refractivity contribution is 7.85. The van der Waals surface area contributed by atoms with Gasteiger partial charge in [0.25, 0.3) is 10.1 Å². The first-order chi connectivity index (χ1) is 8.19. The summed E-state index contributed by atoms with van der Waals surface area (Å²) in [6, 6.07) is 10.9. The molecule has 0 saturated carbocycles. The van der Waals surface area contributed by atoms with Crippen molar-refractivity contribution in [2.75, 3.05) is 0 Å². The minimum absolute atomic E-state index is 0.00583. The quantitative estimate of drug-likeness (QED) is 0.803. The summed E-state index contributed by atoms with van der Waals surface area (Å²) < 4.78 is 32.4. The Morgan fingerprint density at radius 2 is 1.50 bits per heavy atom. The molecule has 2 aromatic carbocycles. The summed E-state index contributed by atoms with van der Waals surface area (Å²) >= 11 is 0. The molecule has 0 fully saturated rings. The van der Waals surface area contributed by atoms with Crippen LogP contribution in [0.1, 0.15) is 26.3 Å². The predicted molar refractivity (Wildman–Crippen MR) is 72.5 cm³/mol. The third kappa shape index (κ3) is 2.40. The Kier molecular flexibility index (Phi) is 2.95. The Morgan fingerprint density at radius 3 is 1.94 bits per heavy atom. The highest BCUT2D eigenvalue weighted by Crippen LogP contribution is 2.32. The first kappa shape index (κ1) is 13.1. The lowest BCUT2D eigenvalue weighted by Gasteiger charge is -2.22. The molecule has 0 aliphatic carbocycles. The van der Waals surface area contributed by atoms with Crippen molar-refractivity contribution in [3.63, 3.8) is 0 Å². The second-order valence-electron chi connectivity index (χ2n) is 5.42. The first-order valence-corrected chi connectivity index (χ1v) is 7.14. The van der Waals surface area contributed by atoms with Crippen LogP contribution in [0.15, 0.2) is 41.3 Å². The van der Waals surface area contributed by atoms with Gasteiger partial charge in [-0.25, -0.2) is 0 Å². The summed E-state index contributed by atoms with van der Waals surface area (Å²) in [6.07, 6.45) is 0. The van der Waals surface area contributed by atoms with E-state index >= 15 is 0 Å². The maximum Gasteiger partial charge on any atom is 0.294 e. The molecule has 0 radical (unpaired) electrons. The van der Waals surface area contributed by atoms with Gasteiger partial charge in [-0.05, 0) is 33.9 Å². The van der Waals surface area contributed by atoms with Crippen LogP contribution in [-0.2, 0) is 15.5 Å². The average Bonchev–Trinajstić information content (AvgIpc) is 2.25. The summed E-state index contributed by atoms with van der Waals surface area (Å²) in [6.45, 7) is 5.77. The van der Waals surface area contributed by atoms with Gasteiger partial charge in [0.1, 0.15) is 0 Å². The lowest BCUT2D eigenvalue weighted by molar-refractivity contribution is 0.476. The average molecular weight is 264 g/mol. The van der Waals surface area contributed by atoms with Crippen LogP contribution >= 0.6 is 0 Å². The third-order valence-electron chi connectivity index (χ3n) is 2.93. The summed E-state index contributed by atoms with van der Waals surface area (Å²) in [5.74, 6) is 0. The van der Waals surface area contributed by atoms with E-state index in [2.05, 4.69) is 0 Å². The van der Waals surface area contributed by atoms with Gasteiger partial charge in [-0.3, -0.25) is 4.55 Å². The van der Waals surface area contributed by atoms with Crippen LogP contribution in [0, 0.1) is 0 Å². The van der Waals surface area contributed by atoms with E-state index in [1.54, 1.807) is 0 Å². The number of benzene rings is 2. The molecule has 3 nitrogen and oxygen atoms in total. The molecule has 2 rings (SSSR count). The molecule has 0 saturated heterocycles. The van der Waals surface area contributed by atoms with Crippen molar-refractivity contribution in [3.8, 4) is 0 Å². The van der Waals surface area contributed by atoms with E-state index in [-0.39, 0.29) is 10.3 Å². The van der Waals surface area contributed by atoms with Crippen LogP contribution in [0.5, 0.6) is 0 Å². The Morgan fingerprint density at radius 1 is 1.00 bits per heavy atom. The summed E-state index contributed by atoms with van der Waals surface area (Å²) in [7, 11) is -4.21. The van der Waals surface area contributed by atoms with Crippen LogP contribution in [0.25, 0.3) is 10.8 Å². The van der Waals surface area contributed by atoms with Crippen LogP contribution < -0.4 is 0 Å². The van der Waals surface area contributed by atoms with Crippen molar-refractivity contribution >= 4 is 20.9 Å². The van der Waals surface area contributed by atoms with Crippen molar-refractivity contribution in [1.29, 1.82) is 0 Å². The van der Waals surface area contributed by atoms with Crippen molar-refractivity contribution in [2.45, 2.75) is 31.1 Å². The lowest BCUT2D eigenvalue weighted by Crippen LogP contribution is -2.16. The van der Waals surface area contributed by atoms with Crippen LogP contribution in [-0.4, -0.2) is 13.0 Å². The first-order valence-electron chi connectivity index (χ1n) is 5.70. The normalized spacial score (nSPS) is 12.9. The molecule has 0 bridgehead atoms. The number of rotatable bonds is 1. The summed E-state index contributed by atoms with van der Waals surface area (Å²) in [5, 5.41) is 1.77. The van der Waals surface area contributed by atoms with Crippen molar-refractivity contribution in [3.05, 3.63) is 42.0 Å². The molecule has 0 spiro atoms. The van der Waals surface area contributed by atoms with Gasteiger partial charge in [0, 0.05) is 0 Å². The zero-order chi connectivity index (χ0) is 13.6. The molecule has 4 heteroatoms. The molecule has 96 valence electrons. The fourth-order valence-corrected chi connectivity index (χ4v) is 2.94. The van der Waals surface area contributed by atoms with Gasteiger partial charge in [-0.2, -0.15) is 8.42 Å². The summed E-state index contributed by atoms with van der Waals surface area (Å²) in [5.41, 5.74) is 0.276. The van der Waals surface area contributed by atoms with Crippen molar-refractivity contribution in [1.82, 2.24) is 0 Å². The maximum atomic E-state index is 11.5. The van der Waals surface area contributed by atoms with Gasteiger partial charge in [-0.1, -0.05) is 45.0 Å². The molecule has 0 unspecified atom stereocenters. The molecule has 0 amide bonds. The van der Waals surface area contributed by atoms with Crippen LogP contribution in [0.4, 0.5) is 0 Å². The van der Waals surface area contributed by atoms with E-state index in [0.29, 0.717) is 5.56 Å². The molecule has 1 N–H and O–H groups in total. The predicted octanol–water partition coefficient (Wildman–Crippen LogP) is 3.38. The maximum absolute atomic E-state index is 11.5. The van der Waals surface area contributed by atoms with E-state index in [1.165, 1.54) is 6.07 Å². The highest BCUT2D eigenvalue weighted by atomic mass is 32.2. The topological polar surface area (TPSA) is 54.4 Å². The van der Waals surface area contributed by atoms with Crippen LogP contribution in [0.2, 0.25) is 0 Å². The van der Waals surface area contributed by atoms with E-state index in [0.717, 1.165) is 10.8 Å². The van der Waals surface area contributed by atoms with Gasteiger partial charge in [-0.15, -0.1) is 0 Å². The number of fused-ring (bicyclic) bond motifs is 1. The SMILES string of the molecule is CC(C)(C)c1cc2ccccc2cc1S(=O)(=O)O. The lowest BCUT2D eigenvalue weighted by atomic mass is 9.86. The van der Waals surface area contributed by atoms with Gasteiger partial charge in [0.05, 0.1) is 4.90 Å². The molecule has 0 aliphatic heterocycles. The number of hydrogen-bond donors (Lipinski definition) is 1. The Bertz CT molecular complexity index is 695. The number of hydrogen-bond acceptors (Lipinski definition) is 2. The second-order valence-corrected chi connectivity index (χ2v) is 6.81. The largest absolute Gasteiger partial charge is 0.294 e. The third-order valence-corrected chi connectivity index (χ3v) is 3.83. The molecule has 2 aromatic rings. The Hall–Kier alpha value is -1.39. The highest BCUT2D eigenvalue weighted by Gasteiger charge is 2.24. The second kappa shape index (κ2) is 4.07. The van der Waals surface area contributed by atoms with Crippen molar-refractivity contribution < 1.29 is 13.0 Å². The molecule has 0 aliphatic rings. The molecule has 0 heterocycles. The minimum atomic E-state index is -4.21. The zero-order valence-electron chi connectivity index (χ0n) is 10.6. The van der Waals surface area contributed by atoms with Gasteiger partial charge < -0.3 is 0 Å². The fraction of sp³-hybridized carbons (Fsp3) is 0.286. The standard InChI is InChI=1S/C14H16O3S/c1-14(2,3)12-8-10-6-4-5-7-11(10)9-13(12)18(15,16)17/h4-9H,1-3H3,(H,15,16,17). The Labute approximate surface area is 107 Å². The molecule has 0 aromatic heterocycles. The van der Waals surface area contributed by atoms with E-state index in [1.807, 2.05) is 51.1 Å². The van der Waals surface area contributed by atoms with E-state index < -0.39 is 10.1 Å². The van der Waals surface area contributed by atoms with Gasteiger partial charge in [0.2, 0.25) is 0 Å². The molecular formula is C14H16O3S.